The lowest BCUT2D eigenvalue weighted by Crippen LogP contribution is -2.13. The highest BCUT2D eigenvalue weighted by Gasteiger charge is 1.76. The van der Waals surface area contributed by atoms with Crippen LogP contribution in [0.4, 0.5) is 4.79 Å². The molecule has 0 aliphatic rings. The van der Waals surface area contributed by atoms with E-state index < -0.39 is 6.09 Å². The molecule has 2 N–H and O–H groups in total. The van der Waals surface area contributed by atoms with E-state index in [0.29, 0.717) is 6.47 Å². The molecule has 0 atom stereocenters. The molecule has 0 fully saturated rings. The SMILES string of the molecule is CNC(=O)O.COC=O. The molecular weight excluding hydrogens is 126 g/mol. The van der Waals surface area contributed by atoms with Crippen molar-refractivity contribution in [1.29, 1.82) is 0 Å². The highest BCUT2D eigenvalue weighted by Crippen LogP contribution is 1.45. The standard InChI is InChI=1S/C2H5NO2.C2H4O2/c1-3-2(4)5;1-4-2-3/h3H,1H3,(H,4,5);2H,1H3. The lowest BCUT2D eigenvalue weighted by Gasteiger charge is -1.78. The number of nitrogens with one attached hydrogen (secondary N) is 1. The van der Waals surface area contributed by atoms with Crippen LogP contribution >= 0.6 is 0 Å². The molecule has 0 aliphatic heterocycles. The van der Waals surface area contributed by atoms with Gasteiger partial charge in [0.1, 0.15) is 0 Å². The zero-order valence-electron chi connectivity index (χ0n) is 5.25. The van der Waals surface area contributed by atoms with Crippen LogP contribution in [0.25, 0.3) is 0 Å². The van der Waals surface area contributed by atoms with E-state index in [9.17, 15) is 4.79 Å². The maximum atomic E-state index is 9.26. The van der Waals surface area contributed by atoms with Crippen molar-refractivity contribution in [3.8, 4) is 0 Å². The summed E-state index contributed by atoms with van der Waals surface area (Å²) in [5, 5.41) is 9.56. The van der Waals surface area contributed by atoms with E-state index >= 15 is 0 Å². The third-order valence-electron chi connectivity index (χ3n) is 0.310. The Kier molecular flexibility index (Phi) is 11.7. The predicted octanol–water partition coefficient (Wildman–Crippen LogP) is -0.327. The lowest BCUT2D eigenvalue weighted by atomic mass is 11.1. The Labute approximate surface area is 52.6 Å². The van der Waals surface area contributed by atoms with Crippen LogP contribution < -0.4 is 5.32 Å². The van der Waals surface area contributed by atoms with Gasteiger partial charge in [0.2, 0.25) is 0 Å². The zero-order valence-corrected chi connectivity index (χ0v) is 5.25. The van der Waals surface area contributed by atoms with Crippen molar-refractivity contribution >= 4 is 12.6 Å². The first-order valence-electron chi connectivity index (χ1n) is 2.06. The van der Waals surface area contributed by atoms with Gasteiger partial charge in [-0.15, -0.1) is 0 Å². The summed E-state index contributed by atoms with van der Waals surface area (Å²) in [6.45, 7) is 0.375. The average Bonchev–Trinajstić information content (AvgIpc) is 1.89. The van der Waals surface area contributed by atoms with E-state index in [4.69, 9.17) is 9.90 Å². The number of ether oxygens (including phenoxy) is 1. The number of amides is 1. The minimum atomic E-state index is -0.995. The maximum Gasteiger partial charge on any atom is 0.404 e. The number of carboxylic acid groups (broad SMARTS) is 1. The molecule has 0 saturated carbocycles. The maximum absolute atomic E-state index is 9.26. The molecule has 54 valence electrons. The highest BCUT2D eigenvalue weighted by molar-refractivity contribution is 5.63. The molecule has 0 radical (unpaired) electrons. The van der Waals surface area contributed by atoms with Crippen LogP contribution in [0.1, 0.15) is 0 Å². The molecule has 5 heteroatoms. The minimum absolute atomic E-state index is 0.375. The van der Waals surface area contributed by atoms with Gasteiger partial charge in [-0.3, -0.25) is 4.79 Å². The summed E-state index contributed by atoms with van der Waals surface area (Å²) in [5.41, 5.74) is 0. The first kappa shape index (κ1) is 10.7. The zero-order chi connectivity index (χ0) is 7.70. The summed E-state index contributed by atoms with van der Waals surface area (Å²) in [5.74, 6) is 0. The third-order valence-corrected chi connectivity index (χ3v) is 0.310. The fourth-order valence-electron chi connectivity index (χ4n) is 0. The molecule has 0 saturated heterocycles. The number of hydrogen-bond acceptors (Lipinski definition) is 3. The Bertz CT molecular complexity index is 82.6. The second-order valence-electron chi connectivity index (χ2n) is 0.887. The van der Waals surface area contributed by atoms with Crippen molar-refractivity contribution in [2.75, 3.05) is 14.2 Å². The molecule has 0 unspecified atom stereocenters. The highest BCUT2D eigenvalue weighted by atomic mass is 16.5. The molecule has 0 aromatic carbocycles. The molecule has 0 bridgehead atoms. The molecule has 9 heavy (non-hydrogen) atoms. The van der Waals surface area contributed by atoms with Gasteiger partial charge in [0.05, 0.1) is 7.11 Å². The number of carbonyl (C=O) groups is 2. The third kappa shape index (κ3) is 50.0. The monoisotopic (exact) mass is 135 g/mol. The van der Waals surface area contributed by atoms with Gasteiger partial charge < -0.3 is 15.2 Å². The fraction of sp³-hybridized carbons (Fsp3) is 0.500. The quantitative estimate of drug-likeness (QED) is 0.483. The van der Waals surface area contributed by atoms with Gasteiger partial charge in [0.15, 0.2) is 0 Å². The summed E-state index contributed by atoms with van der Waals surface area (Å²) in [6.07, 6.45) is -0.995. The molecule has 0 aliphatic carbocycles. The largest absolute Gasteiger partial charge is 0.471 e. The average molecular weight is 135 g/mol. The van der Waals surface area contributed by atoms with E-state index in [1.54, 1.807) is 0 Å². The van der Waals surface area contributed by atoms with E-state index in [-0.39, 0.29) is 0 Å². The van der Waals surface area contributed by atoms with E-state index in [1.807, 2.05) is 5.32 Å². The van der Waals surface area contributed by atoms with Crippen molar-refractivity contribution in [2.45, 2.75) is 0 Å². The molecule has 1 amide bonds. The molecule has 0 rings (SSSR count). The minimum Gasteiger partial charge on any atom is -0.471 e. The summed E-state index contributed by atoms with van der Waals surface area (Å²) in [6, 6.07) is 0. The van der Waals surface area contributed by atoms with Gasteiger partial charge in [0, 0.05) is 7.05 Å². The summed E-state index contributed by atoms with van der Waals surface area (Å²) in [4.78, 5) is 18.2. The van der Waals surface area contributed by atoms with Crippen LogP contribution in [-0.2, 0) is 9.53 Å². The van der Waals surface area contributed by atoms with E-state index in [2.05, 4.69) is 4.74 Å². The Hall–Kier alpha value is -1.26. The van der Waals surface area contributed by atoms with Crippen LogP contribution in [0.3, 0.4) is 0 Å². The number of methoxy groups -OCH3 is 1. The number of carbonyl (C=O) groups excluding carboxylic acids is 1. The summed E-state index contributed by atoms with van der Waals surface area (Å²) in [7, 11) is 2.66. The van der Waals surface area contributed by atoms with Crippen LogP contribution in [0.5, 0.6) is 0 Å². The van der Waals surface area contributed by atoms with Crippen LogP contribution in [0.2, 0.25) is 0 Å². The Morgan fingerprint density at radius 1 is 1.78 bits per heavy atom. The first-order valence-corrected chi connectivity index (χ1v) is 2.06. The van der Waals surface area contributed by atoms with Crippen molar-refractivity contribution in [3.05, 3.63) is 0 Å². The topological polar surface area (TPSA) is 75.6 Å². The molecular formula is C4H9NO4. The smallest absolute Gasteiger partial charge is 0.404 e. The molecule has 5 nitrogen and oxygen atoms in total. The van der Waals surface area contributed by atoms with Crippen LogP contribution in [0, 0.1) is 0 Å². The Morgan fingerprint density at radius 2 is 2.00 bits per heavy atom. The van der Waals surface area contributed by atoms with Crippen molar-refractivity contribution < 1.29 is 19.4 Å². The second kappa shape index (κ2) is 9.88. The van der Waals surface area contributed by atoms with Gasteiger partial charge in [-0.1, -0.05) is 0 Å². The van der Waals surface area contributed by atoms with Crippen LogP contribution in [0.15, 0.2) is 0 Å². The van der Waals surface area contributed by atoms with Crippen molar-refractivity contribution in [2.24, 2.45) is 0 Å². The van der Waals surface area contributed by atoms with E-state index in [1.165, 1.54) is 14.2 Å². The first-order chi connectivity index (χ1) is 4.18. The van der Waals surface area contributed by atoms with Crippen LogP contribution in [-0.4, -0.2) is 31.8 Å². The van der Waals surface area contributed by atoms with Gasteiger partial charge in [-0.25, -0.2) is 4.79 Å². The van der Waals surface area contributed by atoms with Gasteiger partial charge >= 0.3 is 6.09 Å². The van der Waals surface area contributed by atoms with Gasteiger partial charge in [0.25, 0.3) is 6.47 Å². The lowest BCUT2D eigenvalue weighted by molar-refractivity contribution is -0.126. The summed E-state index contributed by atoms with van der Waals surface area (Å²) < 4.78 is 3.86. The second-order valence-corrected chi connectivity index (χ2v) is 0.887. The molecule has 0 aromatic rings. The van der Waals surface area contributed by atoms with Crippen molar-refractivity contribution in [1.82, 2.24) is 5.32 Å². The van der Waals surface area contributed by atoms with Gasteiger partial charge in [-0.05, 0) is 0 Å². The summed E-state index contributed by atoms with van der Waals surface area (Å²) >= 11 is 0. The van der Waals surface area contributed by atoms with E-state index in [0.717, 1.165) is 0 Å². The number of hydrogen-bond donors (Lipinski definition) is 2. The molecule has 0 heterocycles. The Balaban J connectivity index is 0. The fourth-order valence-corrected chi connectivity index (χ4v) is 0. The predicted molar refractivity (Wildman–Crippen MR) is 30.2 cm³/mol. The van der Waals surface area contributed by atoms with Gasteiger partial charge in [-0.2, -0.15) is 0 Å². The molecule has 0 aromatic heterocycles. The van der Waals surface area contributed by atoms with Crippen molar-refractivity contribution in [3.63, 3.8) is 0 Å². The normalized spacial score (nSPS) is 6.00. The number of rotatable bonds is 1. The molecule has 0 spiro atoms. The Morgan fingerprint density at radius 3 is 2.00 bits per heavy atom.